The fraction of sp³-hybridized carbons (Fsp3) is 0.412. The van der Waals surface area contributed by atoms with Gasteiger partial charge in [0.1, 0.15) is 17.2 Å². The molecule has 0 radical (unpaired) electrons. The summed E-state index contributed by atoms with van der Waals surface area (Å²) in [6.45, 7) is 1.79. The smallest absolute Gasteiger partial charge is 0.259 e. The van der Waals surface area contributed by atoms with Crippen molar-refractivity contribution >= 4 is 11.6 Å². The zero-order chi connectivity index (χ0) is 16.9. The lowest BCUT2D eigenvalue weighted by Crippen LogP contribution is -2.27. The zero-order valence-corrected chi connectivity index (χ0v) is 13.9. The van der Waals surface area contributed by atoms with Crippen LogP contribution >= 0.6 is 0 Å². The van der Waals surface area contributed by atoms with E-state index in [9.17, 15) is 4.79 Å². The topological polar surface area (TPSA) is 76.8 Å². The van der Waals surface area contributed by atoms with E-state index in [1.54, 1.807) is 14.1 Å². The molecule has 0 bridgehead atoms. The molecule has 0 saturated carbocycles. The third-order valence-electron chi connectivity index (χ3n) is 3.83. The molecule has 0 saturated heterocycles. The molecule has 128 valence electrons. The van der Waals surface area contributed by atoms with Crippen molar-refractivity contribution in [1.82, 2.24) is 10.1 Å². The van der Waals surface area contributed by atoms with Gasteiger partial charge in [-0.05, 0) is 12.1 Å². The number of likely N-dealkylation sites (N-methyl/N-ethyl adjacent to an activating group) is 1. The minimum atomic E-state index is -0.0809. The van der Waals surface area contributed by atoms with Crippen LogP contribution in [0.1, 0.15) is 17.0 Å². The van der Waals surface area contributed by atoms with E-state index in [1.165, 1.54) is 4.90 Å². The van der Waals surface area contributed by atoms with Crippen molar-refractivity contribution in [2.24, 2.45) is 0 Å². The molecule has 7 nitrogen and oxygen atoms in total. The van der Waals surface area contributed by atoms with Crippen molar-refractivity contribution < 1.29 is 18.8 Å². The maximum absolute atomic E-state index is 11.6. The molecule has 1 aliphatic heterocycles. The van der Waals surface area contributed by atoms with Gasteiger partial charge in [0.15, 0.2) is 6.61 Å². The zero-order valence-electron chi connectivity index (χ0n) is 13.9. The van der Waals surface area contributed by atoms with E-state index in [-0.39, 0.29) is 12.5 Å². The SMILES string of the molecule is CN(C)C(=O)COc1cccc(NCc2noc3c2COCC3)c1. The summed E-state index contributed by atoms with van der Waals surface area (Å²) in [5.74, 6) is 1.47. The third-order valence-corrected chi connectivity index (χ3v) is 3.83. The molecule has 1 aliphatic rings. The van der Waals surface area contributed by atoms with Crippen LogP contribution < -0.4 is 10.1 Å². The van der Waals surface area contributed by atoms with E-state index >= 15 is 0 Å². The Kier molecular flexibility index (Phi) is 5.00. The van der Waals surface area contributed by atoms with Crippen molar-refractivity contribution in [3.63, 3.8) is 0 Å². The van der Waals surface area contributed by atoms with Gasteiger partial charge in [0.05, 0.1) is 19.8 Å². The highest BCUT2D eigenvalue weighted by atomic mass is 16.5. The average molecular weight is 331 g/mol. The number of ether oxygens (including phenoxy) is 2. The maximum atomic E-state index is 11.6. The van der Waals surface area contributed by atoms with Gasteiger partial charge in [-0.3, -0.25) is 4.79 Å². The number of anilines is 1. The monoisotopic (exact) mass is 331 g/mol. The predicted molar refractivity (Wildman–Crippen MR) is 87.8 cm³/mol. The second-order valence-corrected chi connectivity index (χ2v) is 5.79. The normalized spacial score (nSPS) is 13.2. The highest BCUT2D eigenvalue weighted by Crippen LogP contribution is 2.22. The Morgan fingerprint density at radius 3 is 3.12 bits per heavy atom. The molecule has 1 aromatic heterocycles. The molecule has 0 unspecified atom stereocenters. The summed E-state index contributed by atoms with van der Waals surface area (Å²) < 4.78 is 16.3. The second-order valence-electron chi connectivity index (χ2n) is 5.79. The molecule has 24 heavy (non-hydrogen) atoms. The Bertz CT molecular complexity index is 712. The molecular formula is C17H21N3O4. The maximum Gasteiger partial charge on any atom is 0.259 e. The van der Waals surface area contributed by atoms with E-state index in [0.717, 1.165) is 29.1 Å². The molecule has 1 N–H and O–H groups in total. The molecule has 0 fully saturated rings. The lowest BCUT2D eigenvalue weighted by molar-refractivity contribution is -0.130. The van der Waals surface area contributed by atoms with E-state index in [0.29, 0.717) is 25.5 Å². The van der Waals surface area contributed by atoms with Crippen LogP contribution in [0.2, 0.25) is 0 Å². The molecule has 0 atom stereocenters. The summed E-state index contributed by atoms with van der Waals surface area (Å²) >= 11 is 0. The van der Waals surface area contributed by atoms with E-state index in [4.69, 9.17) is 14.0 Å². The first-order chi connectivity index (χ1) is 11.6. The average Bonchev–Trinajstić information content (AvgIpc) is 3.01. The van der Waals surface area contributed by atoms with Crippen LogP contribution in [-0.2, 0) is 29.1 Å². The summed E-state index contributed by atoms with van der Waals surface area (Å²) in [6, 6.07) is 7.48. The number of benzene rings is 1. The largest absolute Gasteiger partial charge is 0.484 e. The predicted octanol–water partition coefficient (Wildman–Crippen LogP) is 1.83. The number of carbonyl (C=O) groups excluding carboxylic acids is 1. The Morgan fingerprint density at radius 1 is 1.42 bits per heavy atom. The number of nitrogens with zero attached hydrogens (tertiary/aromatic N) is 2. The van der Waals surface area contributed by atoms with Crippen LogP contribution in [0, 0.1) is 0 Å². The number of fused-ring (bicyclic) bond motifs is 1. The van der Waals surface area contributed by atoms with E-state index in [1.807, 2.05) is 24.3 Å². The van der Waals surface area contributed by atoms with Gasteiger partial charge in [-0.2, -0.15) is 0 Å². The van der Waals surface area contributed by atoms with Crippen molar-refractivity contribution in [2.45, 2.75) is 19.6 Å². The molecule has 2 heterocycles. The van der Waals surface area contributed by atoms with Crippen molar-refractivity contribution in [2.75, 3.05) is 32.6 Å². The first-order valence-corrected chi connectivity index (χ1v) is 7.84. The van der Waals surface area contributed by atoms with Crippen LogP contribution in [0.5, 0.6) is 5.75 Å². The molecule has 0 spiro atoms. The Hall–Kier alpha value is -2.54. The highest BCUT2D eigenvalue weighted by molar-refractivity contribution is 5.77. The van der Waals surface area contributed by atoms with Gasteiger partial charge in [0.2, 0.25) is 0 Å². The lowest BCUT2D eigenvalue weighted by Gasteiger charge is -2.13. The summed E-state index contributed by atoms with van der Waals surface area (Å²) in [5, 5.41) is 7.41. The fourth-order valence-corrected chi connectivity index (χ4v) is 2.38. The number of amides is 1. The van der Waals surface area contributed by atoms with Gasteiger partial charge >= 0.3 is 0 Å². The summed E-state index contributed by atoms with van der Waals surface area (Å²) in [4.78, 5) is 13.1. The molecule has 1 aromatic carbocycles. The number of nitrogens with one attached hydrogen (secondary N) is 1. The lowest BCUT2D eigenvalue weighted by atomic mass is 10.1. The van der Waals surface area contributed by atoms with Gasteiger partial charge in [0, 0.05) is 37.8 Å². The Morgan fingerprint density at radius 2 is 2.29 bits per heavy atom. The first-order valence-electron chi connectivity index (χ1n) is 7.84. The number of carbonyl (C=O) groups is 1. The highest BCUT2D eigenvalue weighted by Gasteiger charge is 2.19. The van der Waals surface area contributed by atoms with Crippen LogP contribution in [0.3, 0.4) is 0 Å². The number of rotatable bonds is 6. The first kappa shape index (κ1) is 16.3. The minimum Gasteiger partial charge on any atom is -0.484 e. The van der Waals surface area contributed by atoms with Crippen LogP contribution in [0.25, 0.3) is 0 Å². The fourth-order valence-electron chi connectivity index (χ4n) is 2.38. The molecule has 0 aliphatic carbocycles. The quantitative estimate of drug-likeness (QED) is 0.870. The second kappa shape index (κ2) is 7.35. The standard InChI is InChI=1S/C17H21N3O4/c1-20(2)17(21)11-23-13-5-3-4-12(8-13)18-9-15-14-10-22-7-6-16(14)24-19-15/h3-5,8,18H,6-7,9-11H2,1-2H3. The van der Waals surface area contributed by atoms with Gasteiger partial charge < -0.3 is 24.2 Å². The van der Waals surface area contributed by atoms with Gasteiger partial charge in [-0.1, -0.05) is 11.2 Å². The molecule has 7 heteroatoms. The summed E-state index contributed by atoms with van der Waals surface area (Å²) in [6.07, 6.45) is 0.769. The van der Waals surface area contributed by atoms with Crippen molar-refractivity contribution in [3.05, 3.63) is 41.3 Å². The van der Waals surface area contributed by atoms with Crippen LogP contribution in [0.15, 0.2) is 28.8 Å². The van der Waals surface area contributed by atoms with E-state index < -0.39 is 0 Å². The molecule has 2 aromatic rings. The number of aromatic nitrogens is 1. The van der Waals surface area contributed by atoms with Gasteiger partial charge in [-0.25, -0.2) is 0 Å². The van der Waals surface area contributed by atoms with Crippen LogP contribution in [-0.4, -0.2) is 43.3 Å². The third kappa shape index (κ3) is 3.86. The Labute approximate surface area is 140 Å². The number of hydrogen-bond donors (Lipinski definition) is 1. The Balaban J connectivity index is 1.59. The van der Waals surface area contributed by atoms with Crippen molar-refractivity contribution in [3.8, 4) is 5.75 Å². The summed E-state index contributed by atoms with van der Waals surface area (Å²) in [5.41, 5.74) is 2.79. The van der Waals surface area contributed by atoms with Crippen LogP contribution in [0.4, 0.5) is 5.69 Å². The molecule has 3 rings (SSSR count). The van der Waals surface area contributed by atoms with E-state index in [2.05, 4.69) is 10.5 Å². The molecule has 1 amide bonds. The summed E-state index contributed by atoms with van der Waals surface area (Å²) in [7, 11) is 3.40. The van der Waals surface area contributed by atoms with Gasteiger partial charge in [-0.15, -0.1) is 0 Å². The number of hydrogen-bond acceptors (Lipinski definition) is 6. The minimum absolute atomic E-state index is 0.0184. The van der Waals surface area contributed by atoms with Crippen molar-refractivity contribution in [1.29, 1.82) is 0 Å². The molecular weight excluding hydrogens is 310 g/mol. The van der Waals surface area contributed by atoms with Gasteiger partial charge in [0.25, 0.3) is 5.91 Å².